The maximum Gasteiger partial charge on any atom is 0.195 e. The highest BCUT2D eigenvalue weighted by molar-refractivity contribution is 6.20. The van der Waals surface area contributed by atoms with Crippen molar-refractivity contribution in [1.82, 2.24) is 9.88 Å². The molecule has 0 radical (unpaired) electrons. The Bertz CT molecular complexity index is 1740. The number of carbonyl (C=O) groups excluding carboxylic acids is 1. The number of aromatic nitrogens is 1. The Morgan fingerprint density at radius 2 is 2.06 bits per heavy atom. The molecule has 0 bridgehead atoms. The van der Waals surface area contributed by atoms with E-state index in [9.17, 15) is 11.4 Å². The van der Waals surface area contributed by atoms with Crippen LogP contribution in [0.15, 0.2) is 30.3 Å². The minimum Gasteiger partial charge on any atom is -0.379 e. The predicted octanol–water partition coefficient (Wildman–Crippen LogP) is 4.77. The van der Waals surface area contributed by atoms with E-state index in [0.29, 0.717) is 22.2 Å². The molecule has 3 heterocycles. The number of carbonyl (C=O) groups is 1. The zero-order chi connectivity index (χ0) is 33.4. The van der Waals surface area contributed by atoms with Crippen molar-refractivity contribution in [2.75, 3.05) is 44.3 Å². The molecule has 0 saturated carbocycles. The van der Waals surface area contributed by atoms with E-state index in [1.165, 1.54) is 21.9 Å². The Hall–Kier alpha value is -3.14. The fraction of sp³-hybridized carbons (Fsp3) is 0.467. The van der Waals surface area contributed by atoms with Gasteiger partial charge in [-0.3, -0.25) is 9.69 Å². The summed E-state index contributed by atoms with van der Waals surface area (Å²) in [7, 11) is 0. The van der Waals surface area contributed by atoms with E-state index in [1.807, 2.05) is 0 Å². The van der Waals surface area contributed by atoms with Crippen LogP contribution in [0.2, 0.25) is 0 Å². The van der Waals surface area contributed by atoms with Crippen molar-refractivity contribution in [2.45, 2.75) is 51.3 Å². The van der Waals surface area contributed by atoms with E-state index in [1.54, 1.807) is 18.2 Å². The molecular weight excluding hydrogens is 448 g/mol. The van der Waals surface area contributed by atoms with Crippen LogP contribution in [0.25, 0.3) is 10.9 Å². The van der Waals surface area contributed by atoms with E-state index in [-0.39, 0.29) is 68.0 Å². The van der Waals surface area contributed by atoms with Gasteiger partial charge in [0, 0.05) is 79.2 Å². The van der Waals surface area contributed by atoms with Gasteiger partial charge in [-0.05, 0) is 54.5 Å². The summed E-state index contributed by atoms with van der Waals surface area (Å²) in [4.78, 5) is 20.2. The number of morpholine rings is 1. The number of rotatable bonds is 3. The third kappa shape index (κ3) is 3.56. The maximum absolute atomic E-state index is 14.2. The van der Waals surface area contributed by atoms with Gasteiger partial charge in [0.2, 0.25) is 0 Å². The van der Waals surface area contributed by atoms with Crippen LogP contribution >= 0.6 is 0 Å². The molecule has 3 aromatic rings. The number of H-pyrrole nitrogens is 1. The average Bonchev–Trinajstić information content (AvgIpc) is 3.43. The summed E-state index contributed by atoms with van der Waals surface area (Å²) < 4.78 is 93.6. The Balaban J connectivity index is 1.57. The van der Waals surface area contributed by atoms with Crippen molar-refractivity contribution < 1.29 is 23.2 Å². The molecule has 0 unspecified atom stereocenters. The third-order valence-corrected chi connectivity index (χ3v) is 7.26. The molecule has 36 heavy (non-hydrogen) atoms. The lowest BCUT2D eigenvalue weighted by Crippen LogP contribution is -2.49. The number of ketones is 1. The van der Waals surface area contributed by atoms with E-state index < -0.39 is 56.3 Å². The summed E-state index contributed by atoms with van der Waals surface area (Å²) in [5, 5.41) is 9.93. The van der Waals surface area contributed by atoms with Gasteiger partial charge in [-0.25, -0.2) is 0 Å². The summed E-state index contributed by atoms with van der Waals surface area (Å²) in [6, 6.07) is 7.34. The number of hydrogen-bond donors (Lipinski definition) is 1. The summed E-state index contributed by atoms with van der Waals surface area (Å²) in [5.74, 6) is -0.478. The second kappa shape index (κ2) is 8.76. The topological polar surface area (TPSA) is 72.4 Å². The fourth-order valence-electron chi connectivity index (χ4n) is 5.35. The molecular formula is C30H34N4O2. The van der Waals surface area contributed by atoms with E-state index >= 15 is 0 Å². The van der Waals surface area contributed by atoms with Crippen LogP contribution in [-0.4, -0.2) is 61.1 Å². The molecule has 6 nitrogen and oxygen atoms in total. The molecule has 2 aromatic carbocycles. The Labute approximate surface area is 226 Å². The second-order valence-electron chi connectivity index (χ2n) is 9.41. The van der Waals surface area contributed by atoms with Crippen LogP contribution in [0.3, 0.4) is 0 Å². The molecule has 6 heteroatoms. The van der Waals surface area contributed by atoms with E-state index in [0.717, 1.165) is 0 Å². The zero-order valence-corrected chi connectivity index (χ0v) is 19.9. The highest BCUT2D eigenvalue weighted by Gasteiger charge is 2.40. The third-order valence-electron chi connectivity index (χ3n) is 7.26. The molecule has 0 amide bonds. The van der Waals surface area contributed by atoms with Crippen molar-refractivity contribution in [2.24, 2.45) is 0 Å². The average molecular weight is 493 g/mol. The van der Waals surface area contributed by atoms with Gasteiger partial charge >= 0.3 is 0 Å². The largest absolute Gasteiger partial charge is 0.379 e. The first-order chi connectivity index (χ1) is 21.6. The molecule has 0 spiro atoms. The summed E-state index contributed by atoms with van der Waals surface area (Å²) >= 11 is 0. The van der Waals surface area contributed by atoms with Crippen molar-refractivity contribution in [3.63, 3.8) is 0 Å². The number of nitrogens with zero attached hydrogens (tertiary/aromatic N) is 3. The number of aryl methyl sites for hydroxylation is 1. The number of nitrogens with one attached hydrogen (secondary N) is 1. The number of benzene rings is 2. The predicted molar refractivity (Wildman–Crippen MR) is 142 cm³/mol. The number of fused-ring (bicyclic) bond motifs is 4. The molecule has 186 valence electrons. The van der Waals surface area contributed by atoms with Crippen LogP contribution in [0.5, 0.6) is 0 Å². The summed E-state index contributed by atoms with van der Waals surface area (Å²) in [5.41, 5.74) is 0.233. The van der Waals surface area contributed by atoms with Crippen LogP contribution < -0.4 is 4.90 Å². The minimum atomic E-state index is -2.46. The molecule has 2 aliphatic heterocycles. The number of aromatic amines is 1. The number of anilines is 1. The van der Waals surface area contributed by atoms with Crippen molar-refractivity contribution in [1.29, 1.82) is 5.26 Å². The highest BCUT2D eigenvalue weighted by Crippen LogP contribution is 2.46. The number of nitriles is 1. The SMILES string of the molecule is [2H]CC([2H])([2H])c1cc2c(cc1N1CC([2H])([2H])C([2H])(N3CCOCC3)C([2H])([2H])C1)C(C[2H])(C[2H])c1[nH]c3cc(C#N)ccc3c1C2=O. The lowest BCUT2D eigenvalue weighted by atomic mass is 9.70. The van der Waals surface area contributed by atoms with Gasteiger partial charge in [0.05, 0.1) is 30.4 Å². The monoisotopic (exact) mass is 492 g/mol. The van der Waals surface area contributed by atoms with Crippen LogP contribution in [0.4, 0.5) is 5.69 Å². The quantitative estimate of drug-likeness (QED) is 0.570. The van der Waals surface area contributed by atoms with Gasteiger partial charge in [-0.1, -0.05) is 26.8 Å². The fourth-order valence-corrected chi connectivity index (χ4v) is 5.35. The molecule has 1 aromatic heterocycles. The maximum atomic E-state index is 14.2. The Kier molecular flexibility index (Phi) is 3.54. The van der Waals surface area contributed by atoms with Crippen molar-refractivity contribution in [3.05, 3.63) is 63.8 Å². The highest BCUT2D eigenvalue weighted by atomic mass is 16.5. The first-order valence-corrected chi connectivity index (χ1v) is 11.9. The van der Waals surface area contributed by atoms with Gasteiger partial charge in [0.1, 0.15) is 0 Å². The molecule has 2 saturated heterocycles. The number of hydrogen-bond acceptors (Lipinski definition) is 5. The first kappa shape index (κ1) is 14.6. The van der Waals surface area contributed by atoms with E-state index in [4.69, 9.17) is 17.1 Å². The van der Waals surface area contributed by atoms with Crippen molar-refractivity contribution in [3.8, 4) is 6.07 Å². The van der Waals surface area contributed by atoms with Gasteiger partial charge in [0.25, 0.3) is 0 Å². The van der Waals surface area contributed by atoms with Crippen LogP contribution in [0, 0.1) is 11.3 Å². The molecule has 1 N–H and O–H groups in total. The van der Waals surface area contributed by atoms with Gasteiger partial charge < -0.3 is 14.6 Å². The number of piperidine rings is 1. The molecule has 6 rings (SSSR count). The van der Waals surface area contributed by atoms with Crippen LogP contribution in [0.1, 0.15) is 85.5 Å². The normalized spacial score (nSPS) is 28.3. The first-order valence-electron chi connectivity index (χ1n) is 17.5. The van der Waals surface area contributed by atoms with Crippen LogP contribution in [-0.2, 0) is 16.5 Å². The second-order valence-corrected chi connectivity index (χ2v) is 9.41. The van der Waals surface area contributed by atoms with E-state index in [2.05, 4.69) is 11.1 Å². The summed E-state index contributed by atoms with van der Waals surface area (Å²) in [6.07, 6.45) is -7.27. The minimum absolute atomic E-state index is 0.0539. The molecule has 1 aliphatic carbocycles. The van der Waals surface area contributed by atoms with Gasteiger partial charge in [-0.2, -0.15) is 5.26 Å². The standard InChI is InChI=1S/C30H34N4O2/c1-4-20-16-23-24(17-26(20)34-9-7-21(8-10-34)33-11-13-36-14-12-33)30(2,3)29-27(28(23)35)22-6-5-19(18-31)15-25(22)32-29/h5-6,15-17,21,32H,4,7-14H2,1-3H3/i1D,2D,3D,4D2,7D2,8D2,21D. The molecule has 2 fully saturated rings. The molecule has 0 atom stereocenters. The number of ether oxygens (including phenoxy) is 1. The molecule has 3 aliphatic rings. The lowest BCUT2D eigenvalue weighted by molar-refractivity contribution is 0.0115. The zero-order valence-electron chi connectivity index (χ0n) is 29.9. The summed E-state index contributed by atoms with van der Waals surface area (Å²) in [6.45, 7) is -1.63. The Morgan fingerprint density at radius 1 is 1.25 bits per heavy atom. The lowest BCUT2D eigenvalue weighted by Gasteiger charge is -2.42. The van der Waals surface area contributed by atoms with Gasteiger partial charge in [0.15, 0.2) is 5.78 Å². The Morgan fingerprint density at radius 3 is 2.78 bits per heavy atom. The van der Waals surface area contributed by atoms with Crippen molar-refractivity contribution >= 4 is 22.4 Å². The smallest absolute Gasteiger partial charge is 0.195 e. The van der Waals surface area contributed by atoms with Gasteiger partial charge in [-0.15, -0.1) is 0 Å².